The number of likely N-dealkylation sites (N-methyl/N-ethyl adjacent to an activating group) is 1. The third-order valence-electron chi connectivity index (χ3n) is 3.99. The number of hydrogen-bond donors (Lipinski definition) is 1. The van der Waals surface area contributed by atoms with E-state index in [9.17, 15) is 8.42 Å². The number of rotatable bonds is 4. The van der Waals surface area contributed by atoms with E-state index in [0.717, 1.165) is 38.8 Å². The van der Waals surface area contributed by atoms with Crippen LogP contribution in [0.3, 0.4) is 0 Å². The molecule has 0 aromatic rings. The minimum Gasteiger partial charge on any atom is -0.369 e. The minimum absolute atomic E-state index is 0.0185. The molecule has 1 N–H and O–H groups in total. The van der Waals surface area contributed by atoms with Gasteiger partial charge in [0.1, 0.15) is 0 Å². The Morgan fingerprint density at radius 1 is 1.44 bits per heavy atom. The van der Waals surface area contributed by atoms with Crippen molar-refractivity contribution in [3.8, 4) is 0 Å². The van der Waals surface area contributed by atoms with Gasteiger partial charge in [0, 0.05) is 19.6 Å². The van der Waals surface area contributed by atoms with Crippen LogP contribution in [0.1, 0.15) is 32.6 Å². The van der Waals surface area contributed by atoms with Crippen LogP contribution in [0.2, 0.25) is 0 Å². The molecule has 106 valence electrons. The maximum absolute atomic E-state index is 11.4. The first-order valence-corrected chi connectivity index (χ1v) is 8.44. The van der Waals surface area contributed by atoms with E-state index in [4.69, 9.17) is 4.74 Å². The smallest absolute Gasteiger partial charge is 0.211 e. The van der Waals surface area contributed by atoms with Gasteiger partial charge in [0.25, 0.3) is 0 Å². The van der Waals surface area contributed by atoms with Gasteiger partial charge in [-0.15, -0.1) is 0 Å². The van der Waals surface area contributed by atoms with Crippen molar-refractivity contribution in [3.05, 3.63) is 0 Å². The molecular formula is C12H24N2O3S. The Kier molecular flexibility index (Phi) is 4.31. The predicted molar refractivity (Wildman–Crippen MR) is 71.0 cm³/mol. The molecular weight excluding hydrogens is 252 g/mol. The highest BCUT2D eigenvalue weighted by Gasteiger charge is 2.41. The minimum atomic E-state index is -3.11. The van der Waals surface area contributed by atoms with Gasteiger partial charge in [0.05, 0.1) is 17.5 Å². The molecule has 0 bridgehead atoms. The molecule has 0 aromatic heterocycles. The first-order chi connectivity index (χ1) is 8.45. The van der Waals surface area contributed by atoms with Gasteiger partial charge in [-0.2, -0.15) is 0 Å². The van der Waals surface area contributed by atoms with Gasteiger partial charge in [-0.25, -0.2) is 13.1 Å². The van der Waals surface area contributed by atoms with Crippen LogP contribution in [-0.4, -0.2) is 57.5 Å². The van der Waals surface area contributed by atoms with E-state index < -0.39 is 10.0 Å². The van der Waals surface area contributed by atoms with Gasteiger partial charge < -0.3 is 9.64 Å². The molecule has 6 heteroatoms. The molecule has 0 amide bonds. The van der Waals surface area contributed by atoms with E-state index in [1.54, 1.807) is 6.92 Å². The fourth-order valence-electron chi connectivity index (χ4n) is 2.93. The summed E-state index contributed by atoms with van der Waals surface area (Å²) >= 11 is 0. The van der Waals surface area contributed by atoms with E-state index in [1.807, 2.05) is 0 Å². The van der Waals surface area contributed by atoms with Gasteiger partial charge in [0.2, 0.25) is 10.0 Å². The lowest BCUT2D eigenvalue weighted by atomic mass is 9.90. The van der Waals surface area contributed by atoms with Gasteiger partial charge in [-0.3, -0.25) is 0 Å². The second-order valence-corrected chi connectivity index (χ2v) is 7.65. The van der Waals surface area contributed by atoms with Crippen LogP contribution in [0.25, 0.3) is 0 Å². The summed E-state index contributed by atoms with van der Waals surface area (Å²) in [6, 6.07) is 0. The largest absolute Gasteiger partial charge is 0.369 e. The molecule has 2 aliphatic rings. The monoisotopic (exact) mass is 276 g/mol. The normalized spacial score (nSPS) is 34.2. The Morgan fingerprint density at radius 2 is 2.22 bits per heavy atom. The number of sulfonamides is 1. The lowest BCUT2D eigenvalue weighted by Gasteiger charge is -2.38. The second kappa shape index (κ2) is 5.45. The van der Waals surface area contributed by atoms with Crippen molar-refractivity contribution in [2.24, 2.45) is 0 Å². The highest BCUT2D eigenvalue weighted by atomic mass is 32.2. The van der Waals surface area contributed by atoms with E-state index in [2.05, 4.69) is 16.7 Å². The lowest BCUT2D eigenvalue weighted by Crippen LogP contribution is -2.46. The maximum Gasteiger partial charge on any atom is 0.211 e. The Balaban J connectivity index is 1.88. The number of nitrogens with zero attached hydrogens (tertiary/aromatic N) is 1. The average Bonchev–Trinajstić information content (AvgIpc) is 2.68. The quantitative estimate of drug-likeness (QED) is 0.815. The Morgan fingerprint density at radius 3 is 2.83 bits per heavy atom. The van der Waals surface area contributed by atoms with E-state index in [1.165, 1.54) is 0 Å². The van der Waals surface area contributed by atoms with Crippen LogP contribution in [0, 0.1) is 0 Å². The zero-order valence-electron chi connectivity index (χ0n) is 11.3. The van der Waals surface area contributed by atoms with Crippen LogP contribution in [0.15, 0.2) is 0 Å². The number of hydrogen-bond acceptors (Lipinski definition) is 4. The summed E-state index contributed by atoms with van der Waals surface area (Å²) in [7, 11) is -0.993. The Labute approximate surface area is 110 Å². The molecule has 2 atom stereocenters. The van der Waals surface area contributed by atoms with Gasteiger partial charge in [-0.05, 0) is 39.7 Å². The van der Waals surface area contributed by atoms with Crippen LogP contribution in [0.5, 0.6) is 0 Å². The average molecular weight is 276 g/mol. The number of likely N-dealkylation sites (tertiary alicyclic amines) is 1. The Bertz CT molecular complexity index is 381. The molecule has 2 aliphatic heterocycles. The molecule has 0 unspecified atom stereocenters. The van der Waals surface area contributed by atoms with Crippen molar-refractivity contribution in [2.45, 2.75) is 44.3 Å². The summed E-state index contributed by atoms with van der Waals surface area (Å²) in [5.41, 5.74) is -0.0185. The van der Waals surface area contributed by atoms with Crippen molar-refractivity contribution in [2.75, 3.05) is 32.4 Å². The van der Waals surface area contributed by atoms with Crippen molar-refractivity contribution in [1.82, 2.24) is 9.62 Å². The molecule has 0 radical (unpaired) electrons. The fraction of sp³-hybridized carbons (Fsp3) is 1.00. The summed E-state index contributed by atoms with van der Waals surface area (Å²) in [6.07, 6.45) is 4.30. The summed E-state index contributed by atoms with van der Waals surface area (Å²) < 4.78 is 31.7. The van der Waals surface area contributed by atoms with Gasteiger partial charge in [0.15, 0.2) is 0 Å². The molecule has 0 aromatic carbocycles. The summed E-state index contributed by atoms with van der Waals surface area (Å²) in [4.78, 5) is 2.29. The van der Waals surface area contributed by atoms with Crippen LogP contribution < -0.4 is 4.72 Å². The van der Waals surface area contributed by atoms with E-state index >= 15 is 0 Å². The first kappa shape index (κ1) is 14.2. The Hall–Kier alpha value is -0.170. The van der Waals surface area contributed by atoms with Crippen LogP contribution in [-0.2, 0) is 14.8 Å². The SMILES string of the molecule is CCS(=O)(=O)NC[C@@H]1CCC[C@]2(CCN(C)C2)O1. The molecule has 2 rings (SSSR count). The molecule has 1 spiro atoms. The molecule has 2 fully saturated rings. The topological polar surface area (TPSA) is 58.6 Å². The first-order valence-electron chi connectivity index (χ1n) is 6.78. The molecule has 5 nitrogen and oxygen atoms in total. The van der Waals surface area contributed by atoms with Crippen molar-refractivity contribution >= 4 is 10.0 Å². The third kappa shape index (κ3) is 3.44. The summed E-state index contributed by atoms with van der Waals surface area (Å²) in [6.45, 7) is 4.12. The van der Waals surface area contributed by atoms with Crippen molar-refractivity contribution in [3.63, 3.8) is 0 Å². The molecule has 2 heterocycles. The lowest BCUT2D eigenvalue weighted by molar-refractivity contribution is -0.117. The molecule has 0 saturated carbocycles. The highest BCUT2D eigenvalue weighted by molar-refractivity contribution is 7.89. The maximum atomic E-state index is 11.4. The molecule has 18 heavy (non-hydrogen) atoms. The van der Waals surface area contributed by atoms with Crippen molar-refractivity contribution in [1.29, 1.82) is 0 Å². The van der Waals surface area contributed by atoms with E-state index in [0.29, 0.717) is 6.54 Å². The van der Waals surface area contributed by atoms with Gasteiger partial charge >= 0.3 is 0 Å². The fourth-order valence-corrected chi connectivity index (χ4v) is 3.58. The molecule has 2 saturated heterocycles. The highest BCUT2D eigenvalue weighted by Crippen LogP contribution is 2.35. The van der Waals surface area contributed by atoms with E-state index in [-0.39, 0.29) is 17.5 Å². The number of nitrogens with one attached hydrogen (secondary N) is 1. The molecule has 0 aliphatic carbocycles. The summed E-state index contributed by atoms with van der Waals surface area (Å²) in [5.74, 6) is 0.133. The van der Waals surface area contributed by atoms with Crippen LogP contribution in [0.4, 0.5) is 0 Å². The van der Waals surface area contributed by atoms with Crippen LogP contribution >= 0.6 is 0 Å². The zero-order chi connectivity index (χ0) is 13.2. The standard InChI is InChI=1S/C12H24N2O3S/c1-3-18(15,16)13-9-11-5-4-6-12(17-11)7-8-14(2)10-12/h11,13H,3-10H2,1-2H3/t11-,12+/m0/s1. The van der Waals surface area contributed by atoms with Gasteiger partial charge in [-0.1, -0.05) is 0 Å². The zero-order valence-corrected chi connectivity index (χ0v) is 12.1. The second-order valence-electron chi connectivity index (χ2n) is 5.55. The summed E-state index contributed by atoms with van der Waals surface area (Å²) in [5, 5.41) is 0. The van der Waals surface area contributed by atoms with Crippen molar-refractivity contribution < 1.29 is 13.2 Å². The predicted octanol–water partition coefficient (Wildman–Crippen LogP) is 0.569. The number of ether oxygens (including phenoxy) is 1. The third-order valence-corrected chi connectivity index (χ3v) is 5.36.